The molecule has 0 aromatic rings. The quantitative estimate of drug-likeness (QED) is 0.571. The zero-order chi connectivity index (χ0) is 11.8. The highest BCUT2D eigenvalue weighted by molar-refractivity contribution is 4.88. The second kappa shape index (κ2) is 6.92. The molecule has 88 valence electrons. The van der Waals surface area contributed by atoms with Gasteiger partial charge in [-0.15, -0.1) is 10.1 Å². The van der Waals surface area contributed by atoms with Crippen LogP contribution in [0.2, 0.25) is 0 Å². The third-order valence-electron chi connectivity index (χ3n) is 1.93. The average Bonchev–Trinajstić information content (AvgIpc) is 2.47. The van der Waals surface area contributed by atoms with Gasteiger partial charge in [-0.3, -0.25) is 0 Å². The van der Waals surface area contributed by atoms with E-state index in [4.69, 9.17) is 15.3 Å². The number of hydrogen-bond donors (Lipinski definition) is 1. The van der Waals surface area contributed by atoms with Gasteiger partial charge < -0.3 is 15.0 Å². The molecule has 0 fully saturated rings. The first-order chi connectivity index (χ1) is 6.91. The highest BCUT2D eigenvalue weighted by Gasteiger charge is 2.07. The molecule has 1 aliphatic rings. The van der Waals surface area contributed by atoms with Crippen LogP contribution in [-0.4, -0.2) is 40.4 Å². The summed E-state index contributed by atoms with van der Waals surface area (Å²) in [6, 6.07) is 0. The van der Waals surface area contributed by atoms with Crippen molar-refractivity contribution in [2.45, 2.75) is 20.3 Å². The van der Waals surface area contributed by atoms with Gasteiger partial charge >= 0.3 is 0 Å². The van der Waals surface area contributed by atoms with Gasteiger partial charge in [-0.05, 0) is 12.3 Å². The molecule has 0 aromatic carbocycles. The molecule has 0 radical (unpaired) electrons. The number of hydrogen-bond acceptors (Lipinski definition) is 4. The van der Waals surface area contributed by atoms with E-state index in [0.29, 0.717) is 0 Å². The normalized spacial score (nSPS) is 14.1. The lowest BCUT2D eigenvalue weighted by atomic mass is 10.1. The Morgan fingerprint density at radius 2 is 2.07 bits per heavy atom. The van der Waals surface area contributed by atoms with Crippen molar-refractivity contribution in [1.82, 2.24) is 9.80 Å². The van der Waals surface area contributed by atoms with E-state index in [2.05, 4.69) is 43.1 Å². The van der Waals surface area contributed by atoms with Crippen molar-refractivity contribution >= 4 is 0 Å². The van der Waals surface area contributed by atoms with E-state index in [9.17, 15) is 0 Å². The van der Waals surface area contributed by atoms with Crippen molar-refractivity contribution in [2.75, 3.05) is 20.3 Å². The molecule has 0 saturated carbocycles. The Kier molecular flexibility index (Phi) is 6.24. The van der Waals surface area contributed by atoms with Gasteiger partial charge in [0.05, 0.1) is 6.67 Å². The molecule has 0 aliphatic carbocycles. The Morgan fingerprint density at radius 1 is 1.53 bits per heavy atom. The lowest BCUT2D eigenvalue weighted by molar-refractivity contribution is -0.742. The summed E-state index contributed by atoms with van der Waals surface area (Å²) in [5.74, 6) is 0.814. The molecule has 0 aromatic heterocycles. The summed E-state index contributed by atoms with van der Waals surface area (Å²) in [6.45, 7) is 6.79. The molecule has 0 saturated heterocycles. The number of rotatable bonds is 3. The topological polar surface area (TPSA) is 69.9 Å². The van der Waals surface area contributed by atoms with Crippen LogP contribution in [0.1, 0.15) is 20.3 Å². The molecule has 0 amide bonds. The molecular weight excluding hydrogens is 198 g/mol. The summed E-state index contributed by atoms with van der Waals surface area (Å²) in [6.07, 6.45) is 5.58. The molecule has 0 atom stereocenters. The maximum atomic E-state index is 8.36. The highest BCUT2D eigenvalue weighted by atomic mass is 16.9. The van der Waals surface area contributed by atoms with Gasteiger partial charge in [-0.25, -0.2) is 0 Å². The molecule has 0 spiro atoms. The summed E-state index contributed by atoms with van der Waals surface area (Å²) in [7, 11) is 2.10. The third-order valence-corrected chi connectivity index (χ3v) is 1.93. The molecular formula is C9H19N3O3. The predicted octanol–water partition coefficient (Wildman–Crippen LogP) is 1.36. The molecule has 1 heterocycles. The summed E-state index contributed by atoms with van der Waals surface area (Å²) in [4.78, 5) is 12.9. The molecule has 6 heteroatoms. The van der Waals surface area contributed by atoms with E-state index >= 15 is 0 Å². The van der Waals surface area contributed by atoms with Gasteiger partial charge in [0.1, 0.15) is 0 Å². The van der Waals surface area contributed by atoms with Crippen molar-refractivity contribution in [2.24, 2.45) is 5.92 Å². The average molecular weight is 217 g/mol. The second-order valence-electron chi connectivity index (χ2n) is 3.93. The smallest absolute Gasteiger partial charge is 0.291 e. The van der Waals surface area contributed by atoms with Gasteiger partial charge in [-0.1, -0.05) is 13.8 Å². The van der Waals surface area contributed by atoms with E-state index in [1.165, 1.54) is 13.0 Å². The summed E-state index contributed by atoms with van der Waals surface area (Å²) < 4.78 is 0. The Balaban J connectivity index is 0.000000423. The molecule has 1 rings (SSSR count). The Morgan fingerprint density at radius 3 is 2.40 bits per heavy atom. The van der Waals surface area contributed by atoms with Crippen LogP contribution in [0.5, 0.6) is 0 Å². The molecule has 1 N–H and O–H groups in total. The fourth-order valence-electron chi connectivity index (χ4n) is 1.16. The van der Waals surface area contributed by atoms with E-state index in [1.807, 2.05) is 0 Å². The minimum atomic E-state index is -1.50. The monoisotopic (exact) mass is 217 g/mol. The van der Waals surface area contributed by atoms with Crippen LogP contribution >= 0.6 is 0 Å². The van der Waals surface area contributed by atoms with Gasteiger partial charge in [0, 0.05) is 26.0 Å². The van der Waals surface area contributed by atoms with Gasteiger partial charge in [0.25, 0.3) is 5.09 Å². The van der Waals surface area contributed by atoms with Crippen molar-refractivity contribution in [3.8, 4) is 0 Å². The van der Waals surface area contributed by atoms with E-state index < -0.39 is 5.09 Å². The lowest BCUT2D eigenvalue weighted by Gasteiger charge is -2.18. The Bertz CT molecular complexity index is 215. The molecule has 6 nitrogen and oxygen atoms in total. The van der Waals surface area contributed by atoms with Crippen LogP contribution in [0, 0.1) is 16.0 Å². The van der Waals surface area contributed by atoms with Crippen LogP contribution < -0.4 is 0 Å². The minimum absolute atomic E-state index is 0.814. The first kappa shape index (κ1) is 13.5. The van der Waals surface area contributed by atoms with Crippen molar-refractivity contribution in [1.29, 1.82) is 0 Å². The SMILES string of the molecule is CC(C)CCN1C=CN(C)C1.O=[N+]([O-])O. The van der Waals surface area contributed by atoms with Crippen LogP contribution in [0.25, 0.3) is 0 Å². The highest BCUT2D eigenvalue weighted by Crippen LogP contribution is 2.07. The fraction of sp³-hybridized carbons (Fsp3) is 0.778. The zero-order valence-corrected chi connectivity index (χ0v) is 9.46. The summed E-state index contributed by atoms with van der Waals surface area (Å²) >= 11 is 0. The molecule has 1 aliphatic heterocycles. The van der Waals surface area contributed by atoms with Crippen LogP contribution in [-0.2, 0) is 0 Å². The zero-order valence-electron chi connectivity index (χ0n) is 9.46. The number of nitrogens with zero attached hydrogens (tertiary/aromatic N) is 3. The third kappa shape index (κ3) is 8.86. The van der Waals surface area contributed by atoms with Crippen LogP contribution in [0.3, 0.4) is 0 Å². The van der Waals surface area contributed by atoms with Crippen molar-refractivity contribution < 1.29 is 10.3 Å². The minimum Gasteiger partial charge on any atom is -0.362 e. The molecule has 0 bridgehead atoms. The largest absolute Gasteiger partial charge is 0.362 e. The predicted molar refractivity (Wildman–Crippen MR) is 56.7 cm³/mol. The maximum absolute atomic E-state index is 8.36. The lowest BCUT2D eigenvalue weighted by Crippen LogP contribution is -2.23. The Labute approximate surface area is 89.9 Å². The first-order valence-corrected chi connectivity index (χ1v) is 4.87. The Hall–Kier alpha value is -1.46. The van der Waals surface area contributed by atoms with E-state index in [-0.39, 0.29) is 0 Å². The van der Waals surface area contributed by atoms with Gasteiger partial charge in [0.15, 0.2) is 0 Å². The second-order valence-corrected chi connectivity index (χ2v) is 3.93. The van der Waals surface area contributed by atoms with E-state index in [0.717, 1.165) is 12.6 Å². The van der Waals surface area contributed by atoms with Crippen molar-refractivity contribution in [3.63, 3.8) is 0 Å². The van der Waals surface area contributed by atoms with E-state index in [1.54, 1.807) is 0 Å². The fourth-order valence-corrected chi connectivity index (χ4v) is 1.16. The van der Waals surface area contributed by atoms with Crippen LogP contribution in [0.15, 0.2) is 12.4 Å². The van der Waals surface area contributed by atoms with Gasteiger partial charge in [-0.2, -0.15) is 0 Å². The standard InChI is InChI=1S/C9H18N2.HNO3/c1-9(2)4-5-11-7-6-10(3)8-11;2-1(3)4/h6-7,9H,4-5,8H2,1-3H3;(H,2,3,4). The van der Waals surface area contributed by atoms with Crippen LogP contribution in [0.4, 0.5) is 0 Å². The van der Waals surface area contributed by atoms with Crippen molar-refractivity contribution in [3.05, 3.63) is 22.5 Å². The van der Waals surface area contributed by atoms with Gasteiger partial charge in [0.2, 0.25) is 0 Å². The molecule has 15 heavy (non-hydrogen) atoms. The molecule has 0 unspecified atom stereocenters. The summed E-state index contributed by atoms with van der Waals surface area (Å²) in [5.41, 5.74) is 0. The first-order valence-electron chi connectivity index (χ1n) is 4.87. The maximum Gasteiger partial charge on any atom is 0.291 e. The summed E-state index contributed by atoms with van der Waals surface area (Å²) in [5, 5.41) is 13.6.